The molecule has 0 saturated carbocycles. The second-order valence-electron chi connectivity index (χ2n) is 8.57. The maximum absolute atomic E-state index is 13.0. The number of ether oxygens (including phenoxy) is 2. The van der Waals surface area contributed by atoms with Crippen LogP contribution < -0.4 is 14.8 Å². The summed E-state index contributed by atoms with van der Waals surface area (Å²) >= 11 is 0. The number of halogens is 6. The Bertz CT molecular complexity index is 1160. The van der Waals surface area contributed by atoms with Gasteiger partial charge in [0.05, 0.1) is 0 Å². The van der Waals surface area contributed by atoms with Crippen molar-refractivity contribution in [1.82, 2.24) is 10.2 Å². The summed E-state index contributed by atoms with van der Waals surface area (Å²) in [6.45, 7) is 1.98. The molecule has 0 atom stereocenters. The Labute approximate surface area is 216 Å². The van der Waals surface area contributed by atoms with Crippen molar-refractivity contribution in [2.24, 2.45) is 0 Å². The summed E-state index contributed by atoms with van der Waals surface area (Å²) < 4.78 is 86.4. The Hall–Kier alpha value is -3.89. The Morgan fingerprint density at radius 2 is 1.29 bits per heavy atom. The van der Waals surface area contributed by atoms with E-state index in [0.717, 1.165) is 17.7 Å². The van der Waals surface area contributed by atoms with Gasteiger partial charge in [-0.2, -0.15) is 0 Å². The average Bonchev–Trinajstić information content (AvgIpc) is 2.84. The van der Waals surface area contributed by atoms with E-state index in [-0.39, 0.29) is 24.1 Å². The van der Waals surface area contributed by atoms with E-state index in [9.17, 15) is 31.1 Å². The molecule has 0 aliphatic rings. The molecule has 1 N–H and O–H groups in total. The zero-order chi connectivity index (χ0) is 28.0. The minimum Gasteiger partial charge on any atom is -0.406 e. The van der Waals surface area contributed by atoms with Gasteiger partial charge in [-0.15, -0.1) is 26.3 Å². The van der Waals surface area contributed by atoms with Crippen molar-refractivity contribution >= 4 is 6.03 Å². The minimum atomic E-state index is -4.96. The highest BCUT2D eigenvalue weighted by atomic mass is 19.4. The Balaban J connectivity index is 2.22. The standard InChI is InChI=1S/C27H26F6N2O3/c1-3-35(2)24(36)34-18-25(17-19-9-5-4-6-10-19,20-11-7-13-22(15-20)37-26(28,29)30)21-12-8-14-23(16-21)38-27(31,32)33/h4-16H,3,17-18H2,1-2H3,(H,34,36). The van der Waals surface area contributed by atoms with E-state index in [2.05, 4.69) is 14.8 Å². The minimum absolute atomic E-state index is 0.120. The lowest BCUT2D eigenvalue weighted by molar-refractivity contribution is -0.275. The SMILES string of the molecule is CCN(C)C(=O)NCC(Cc1ccccc1)(c1cccc(OC(F)(F)F)c1)c1cccc(OC(F)(F)F)c1. The summed E-state index contributed by atoms with van der Waals surface area (Å²) in [7, 11) is 1.56. The molecule has 3 aromatic rings. The van der Waals surface area contributed by atoms with Gasteiger partial charge in [0.2, 0.25) is 0 Å². The smallest absolute Gasteiger partial charge is 0.406 e. The first-order valence-electron chi connectivity index (χ1n) is 11.6. The second kappa shape index (κ2) is 11.7. The van der Waals surface area contributed by atoms with Crippen LogP contribution in [0.25, 0.3) is 0 Å². The van der Waals surface area contributed by atoms with E-state index in [4.69, 9.17) is 0 Å². The van der Waals surface area contributed by atoms with Crippen molar-refractivity contribution in [1.29, 1.82) is 0 Å². The van der Waals surface area contributed by atoms with Crippen molar-refractivity contribution < 1.29 is 40.6 Å². The molecule has 0 unspecified atom stereocenters. The summed E-state index contributed by atoms with van der Waals surface area (Å²) in [4.78, 5) is 14.1. The number of alkyl halides is 6. The van der Waals surface area contributed by atoms with Crippen LogP contribution >= 0.6 is 0 Å². The molecular weight excluding hydrogens is 514 g/mol. The summed E-state index contributed by atoms with van der Waals surface area (Å²) in [5, 5.41) is 2.79. The third-order valence-electron chi connectivity index (χ3n) is 5.95. The van der Waals surface area contributed by atoms with Crippen molar-refractivity contribution in [3.05, 3.63) is 95.6 Å². The molecule has 0 aromatic heterocycles. The third-order valence-corrected chi connectivity index (χ3v) is 5.95. The van der Waals surface area contributed by atoms with Gasteiger partial charge in [0.1, 0.15) is 11.5 Å². The van der Waals surface area contributed by atoms with E-state index in [1.54, 1.807) is 56.4 Å². The highest BCUT2D eigenvalue weighted by Gasteiger charge is 2.38. The van der Waals surface area contributed by atoms with Gasteiger partial charge >= 0.3 is 18.8 Å². The lowest BCUT2D eigenvalue weighted by atomic mass is 9.70. The molecule has 204 valence electrons. The maximum Gasteiger partial charge on any atom is 0.573 e. The molecule has 0 spiro atoms. The lowest BCUT2D eigenvalue weighted by Crippen LogP contribution is -2.47. The predicted octanol–water partition coefficient (Wildman–Crippen LogP) is 6.67. The average molecular weight is 541 g/mol. The fourth-order valence-electron chi connectivity index (χ4n) is 4.07. The van der Waals surface area contributed by atoms with Gasteiger partial charge in [0.15, 0.2) is 0 Å². The first kappa shape index (κ1) is 28.7. The second-order valence-corrected chi connectivity index (χ2v) is 8.57. The highest BCUT2D eigenvalue weighted by Crippen LogP contribution is 2.39. The van der Waals surface area contributed by atoms with Crippen LogP contribution in [0.3, 0.4) is 0 Å². The van der Waals surface area contributed by atoms with Crippen molar-refractivity contribution in [2.75, 3.05) is 20.1 Å². The van der Waals surface area contributed by atoms with Crippen LogP contribution in [0.5, 0.6) is 11.5 Å². The third kappa shape index (κ3) is 7.80. The van der Waals surface area contributed by atoms with E-state index < -0.39 is 35.7 Å². The monoisotopic (exact) mass is 540 g/mol. The molecule has 0 aliphatic carbocycles. The number of nitrogens with one attached hydrogen (secondary N) is 1. The topological polar surface area (TPSA) is 50.8 Å². The van der Waals surface area contributed by atoms with Crippen LogP contribution in [0.15, 0.2) is 78.9 Å². The number of rotatable bonds is 9. The first-order chi connectivity index (χ1) is 17.8. The highest BCUT2D eigenvalue weighted by molar-refractivity contribution is 5.74. The maximum atomic E-state index is 13.0. The number of urea groups is 1. The van der Waals surface area contributed by atoms with Gasteiger partial charge in [-0.05, 0) is 54.3 Å². The molecule has 0 bridgehead atoms. The molecule has 0 heterocycles. The largest absolute Gasteiger partial charge is 0.573 e. The van der Waals surface area contributed by atoms with Crippen LogP contribution in [-0.2, 0) is 11.8 Å². The predicted molar refractivity (Wildman–Crippen MR) is 129 cm³/mol. The van der Waals surface area contributed by atoms with Crippen LogP contribution in [-0.4, -0.2) is 43.8 Å². The molecule has 0 fully saturated rings. The number of hydrogen-bond donors (Lipinski definition) is 1. The normalized spacial score (nSPS) is 12.1. The van der Waals surface area contributed by atoms with Crippen molar-refractivity contribution in [2.45, 2.75) is 31.5 Å². The van der Waals surface area contributed by atoms with Crippen LogP contribution in [0.2, 0.25) is 0 Å². The molecule has 0 radical (unpaired) electrons. The fourth-order valence-corrected chi connectivity index (χ4v) is 4.07. The number of benzene rings is 3. The van der Waals surface area contributed by atoms with Crippen molar-refractivity contribution in [3.8, 4) is 11.5 Å². The summed E-state index contributed by atoms with van der Waals surface area (Å²) in [6.07, 6.45) is -9.80. The molecule has 5 nitrogen and oxygen atoms in total. The molecule has 0 saturated heterocycles. The van der Waals surface area contributed by atoms with E-state index in [1.807, 2.05) is 0 Å². The quantitative estimate of drug-likeness (QED) is 0.309. The van der Waals surface area contributed by atoms with Crippen molar-refractivity contribution in [3.63, 3.8) is 0 Å². The summed E-state index contributed by atoms with van der Waals surface area (Å²) in [6, 6.07) is 18.8. The van der Waals surface area contributed by atoms with E-state index in [1.165, 1.54) is 29.2 Å². The van der Waals surface area contributed by atoms with Crippen LogP contribution in [0.4, 0.5) is 31.1 Å². The van der Waals surface area contributed by atoms with Gasteiger partial charge in [-0.1, -0.05) is 54.6 Å². The van der Waals surface area contributed by atoms with Gasteiger partial charge in [-0.3, -0.25) is 0 Å². The molecule has 3 aromatic carbocycles. The fraction of sp³-hybridized carbons (Fsp3) is 0.296. The van der Waals surface area contributed by atoms with Gasteiger partial charge in [0.25, 0.3) is 0 Å². The molecular formula is C27H26F6N2O3. The Morgan fingerprint density at radius 3 is 1.74 bits per heavy atom. The Kier molecular flexibility index (Phi) is 8.80. The number of carbonyl (C=O) groups excluding carboxylic acids is 1. The first-order valence-corrected chi connectivity index (χ1v) is 11.6. The molecule has 38 heavy (non-hydrogen) atoms. The molecule has 2 amide bonds. The van der Waals surface area contributed by atoms with E-state index >= 15 is 0 Å². The van der Waals surface area contributed by atoms with Crippen LogP contribution in [0, 0.1) is 0 Å². The number of amides is 2. The number of hydrogen-bond acceptors (Lipinski definition) is 3. The Morgan fingerprint density at radius 1 is 0.789 bits per heavy atom. The van der Waals surface area contributed by atoms with Gasteiger partial charge < -0.3 is 19.7 Å². The zero-order valence-electron chi connectivity index (χ0n) is 20.6. The zero-order valence-corrected chi connectivity index (χ0v) is 20.6. The molecule has 11 heteroatoms. The molecule has 3 rings (SSSR count). The summed E-state index contributed by atoms with van der Waals surface area (Å²) in [5.74, 6) is -1.01. The lowest BCUT2D eigenvalue weighted by Gasteiger charge is -2.36. The van der Waals surface area contributed by atoms with Gasteiger partial charge in [0, 0.05) is 25.6 Å². The summed E-state index contributed by atoms with van der Waals surface area (Å²) in [5.41, 5.74) is -0.0186. The molecule has 0 aliphatic heterocycles. The van der Waals surface area contributed by atoms with Gasteiger partial charge in [-0.25, -0.2) is 4.79 Å². The van der Waals surface area contributed by atoms with E-state index in [0.29, 0.717) is 6.54 Å². The number of nitrogens with zero attached hydrogens (tertiary/aromatic N) is 1. The van der Waals surface area contributed by atoms with Crippen LogP contribution in [0.1, 0.15) is 23.6 Å². The number of carbonyl (C=O) groups is 1.